The molecule has 2 N–H and O–H groups in total. The lowest BCUT2D eigenvalue weighted by atomic mass is 9.95. The van der Waals surface area contributed by atoms with Gasteiger partial charge in [0.15, 0.2) is 0 Å². The van der Waals surface area contributed by atoms with Gasteiger partial charge in [-0.3, -0.25) is 9.59 Å². The molecule has 0 bridgehead atoms. The number of hydrogen-bond donors (Lipinski definition) is 2. The monoisotopic (exact) mass is 241 g/mol. The predicted molar refractivity (Wildman–Crippen MR) is 60.2 cm³/mol. The molecule has 0 aromatic heterocycles. The van der Waals surface area contributed by atoms with Crippen LogP contribution in [0.4, 0.5) is 0 Å². The molecule has 5 heteroatoms. The van der Waals surface area contributed by atoms with Gasteiger partial charge in [-0.1, -0.05) is 6.92 Å². The predicted octanol–water partition coefficient (Wildman–Crippen LogP) is 0.326. The van der Waals surface area contributed by atoms with Crippen LogP contribution in [-0.4, -0.2) is 46.2 Å². The molecule has 1 aliphatic carbocycles. The molecule has 17 heavy (non-hydrogen) atoms. The number of hydrogen-bond acceptors (Lipinski definition) is 3. The van der Waals surface area contributed by atoms with E-state index < -0.39 is 23.9 Å². The summed E-state index contributed by atoms with van der Waals surface area (Å²) in [5.41, 5.74) is 0. The maximum atomic E-state index is 12.2. The van der Waals surface area contributed by atoms with Crippen LogP contribution in [0.1, 0.15) is 26.2 Å². The van der Waals surface area contributed by atoms with E-state index in [1.54, 1.807) is 4.90 Å². The Kier molecular flexibility index (Phi) is 3.38. The van der Waals surface area contributed by atoms with Crippen molar-refractivity contribution in [2.45, 2.75) is 32.3 Å². The lowest BCUT2D eigenvalue weighted by Gasteiger charge is -2.22. The van der Waals surface area contributed by atoms with E-state index in [0.29, 0.717) is 32.4 Å². The van der Waals surface area contributed by atoms with Gasteiger partial charge in [0.2, 0.25) is 5.91 Å². The highest BCUT2D eigenvalue weighted by molar-refractivity contribution is 5.85. The van der Waals surface area contributed by atoms with Crippen LogP contribution in [0.15, 0.2) is 0 Å². The number of rotatable bonds is 2. The lowest BCUT2D eigenvalue weighted by Crippen LogP contribution is -2.38. The van der Waals surface area contributed by atoms with Gasteiger partial charge in [-0.05, 0) is 25.2 Å². The first-order valence-corrected chi connectivity index (χ1v) is 6.18. The zero-order valence-corrected chi connectivity index (χ0v) is 10.0. The van der Waals surface area contributed by atoms with Crippen molar-refractivity contribution in [2.75, 3.05) is 13.1 Å². The molecule has 1 saturated heterocycles. The van der Waals surface area contributed by atoms with Crippen LogP contribution >= 0.6 is 0 Å². The second-order valence-corrected chi connectivity index (χ2v) is 5.35. The molecule has 1 saturated carbocycles. The Morgan fingerprint density at radius 3 is 2.41 bits per heavy atom. The molecule has 4 atom stereocenters. The number of carboxylic acids is 1. The van der Waals surface area contributed by atoms with Crippen molar-refractivity contribution >= 4 is 11.9 Å². The van der Waals surface area contributed by atoms with E-state index in [2.05, 4.69) is 0 Å². The summed E-state index contributed by atoms with van der Waals surface area (Å²) in [6.07, 6.45) is 1.40. The molecule has 2 rings (SSSR count). The van der Waals surface area contributed by atoms with E-state index in [9.17, 15) is 14.7 Å². The number of likely N-dealkylation sites (tertiary alicyclic amines) is 1. The first kappa shape index (κ1) is 12.4. The number of carboxylic acid groups (broad SMARTS) is 1. The average molecular weight is 241 g/mol. The van der Waals surface area contributed by atoms with E-state index in [1.165, 1.54) is 0 Å². The smallest absolute Gasteiger partial charge is 0.307 e. The van der Waals surface area contributed by atoms with E-state index >= 15 is 0 Å². The molecule has 1 aliphatic heterocycles. The molecule has 2 aliphatic rings. The fraction of sp³-hybridized carbons (Fsp3) is 0.833. The minimum atomic E-state index is -0.868. The molecule has 96 valence electrons. The zero-order chi connectivity index (χ0) is 12.6. The summed E-state index contributed by atoms with van der Waals surface area (Å²) in [7, 11) is 0. The zero-order valence-electron chi connectivity index (χ0n) is 10.0. The van der Waals surface area contributed by atoms with Gasteiger partial charge in [-0.25, -0.2) is 0 Å². The maximum Gasteiger partial charge on any atom is 0.307 e. The van der Waals surface area contributed by atoms with Crippen LogP contribution in [0.5, 0.6) is 0 Å². The van der Waals surface area contributed by atoms with E-state index in [4.69, 9.17) is 5.11 Å². The second-order valence-electron chi connectivity index (χ2n) is 5.35. The SMILES string of the molecule is CC1CC(C(=O)O)C(C(=O)N2CC[C@@H](O)C2)C1. The van der Waals surface area contributed by atoms with Crippen LogP contribution in [-0.2, 0) is 9.59 Å². The summed E-state index contributed by atoms with van der Waals surface area (Å²) in [6, 6.07) is 0. The molecular formula is C12H19NO4. The van der Waals surface area contributed by atoms with E-state index in [1.807, 2.05) is 6.92 Å². The van der Waals surface area contributed by atoms with Crippen molar-refractivity contribution in [1.29, 1.82) is 0 Å². The minimum absolute atomic E-state index is 0.0849. The van der Waals surface area contributed by atoms with Crippen LogP contribution in [0.25, 0.3) is 0 Å². The molecule has 1 amide bonds. The molecule has 5 nitrogen and oxygen atoms in total. The van der Waals surface area contributed by atoms with Crippen molar-refractivity contribution in [2.24, 2.45) is 17.8 Å². The third-order valence-electron chi connectivity index (χ3n) is 3.91. The Bertz CT molecular complexity index is 330. The average Bonchev–Trinajstić information content (AvgIpc) is 2.83. The van der Waals surface area contributed by atoms with Gasteiger partial charge >= 0.3 is 5.97 Å². The highest BCUT2D eigenvalue weighted by atomic mass is 16.4. The van der Waals surface area contributed by atoms with Gasteiger partial charge in [-0.15, -0.1) is 0 Å². The normalized spacial score (nSPS) is 37.4. The third kappa shape index (κ3) is 2.44. The Labute approximate surface area is 100 Å². The fourth-order valence-corrected chi connectivity index (χ4v) is 3.01. The number of amides is 1. The van der Waals surface area contributed by atoms with Crippen LogP contribution in [0.3, 0.4) is 0 Å². The highest BCUT2D eigenvalue weighted by Gasteiger charge is 2.43. The molecule has 3 unspecified atom stereocenters. The Balaban J connectivity index is 2.05. The van der Waals surface area contributed by atoms with Gasteiger partial charge in [0.1, 0.15) is 0 Å². The fourth-order valence-electron chi connectivity index (χ4n) is 3.01. The topological polar surface area (TPSA) is 77.8 Å². The summed E-state index contributed by atoms with van der Waals surface area (Å²) in [6.45, 7) is 2.90. The number of aliphatic carboxylic acids is 1. The first-order chi connectivity index (χ1) is 7.99. The van der Waals surface area contributed by atoms with Crippen molar-refractivity contribution < 1.29 is 19.8 Å². The lowest BCUT2D eigenvalue weighted by molar-refractivity contribution is -0.148. The van der Waals surface area contributed by atoms with E-state index in [0.717, 1.165) is 0 Å². The minimum Gasteiger partial charge on any atom is -0.481 e. The number of aliphatic hydroxyl groups excluding tert-OH is 1. The Hall–Kier alpha value is -1.10. The highest BCUT2D eigenvalue weighted by Crippen LogP contribution is 2.38. The first-order valence-electron chi connectivity index (χ1n) is 6.18. The number of β-amino-alcohol motifs (C(OH)–C–C–N with tert-alkyl or cyclic N) is 1. The Morgan fingerprint density at radius 1 is 1.24 bits per heavy atom. The van der Waals surface area contributed by atoms with Gasteiger partial charge in [0.25, 0.3) is 0 Å². The van der Waals surface area contributed by atoms with Gasteiger partial charge in [0.05, 0.1) is 17.9 Å². The molecule has 2 fully saturated rings. The van der Waals surface area contributed by atoms with Crippen molar-refractivity contribution in [3.05, 3.63) is 0 Å². The standard InChI is InChI=1S/C12H19NO4/c1-7-4-9(10(5-7)12(16)17)11(15)13-3-2-8(14)6-13/h7-10,14H,2-6H2,1H3,(H,16,17)/t7?,8-,9?,10?/m1/s1. The number of nitrogens with zero attached hydrogens (tertiary/aromatic N) is 1. The van der Waals surface area contributed by atoms with Crippen molar-refractivity contribution in [3.63, 3.8) is 0 Å². The Morgan fingerprint density at radius 2 is 1.88 bits per heavy atom. The van der Waals surface area contributed by atoms with Gasteiger partial charge < -0.3 is 15.1 Å². The molecule has 0 aromatic carbocycles. The summed E-state index contributed by atoms with van der Waals surface area (Å²) in [5, 5.41) is 18.5. The molecule has 0 radical (unpaired) electrons. The van der Waals surface area contributed by atoms with Crippen molar-refractivity contribution in [1.82, 2.24) is 4.90 Å². The summed E-state index contributed by atoms with van der Waals surface area (Å²) in [4.78, 5) is 24.9. The quantitative estimate of drug-likeness (QED) is 0.730. The van der Waals surface area contributed by atoms with Crippen LogP contribution in [0, 0.1) is 17.8 Å². The van der Waals surface area contributed by atoms with E-state index in [-0.39, 0.29) is 11.8 Å². The number of carbonyl (C=O) groups is 2. The summed E-state index contributed by atoms with van der Waals surface area (Å²) >= 11 is 0. The van der Waals surface area contributed by atoms with Crippen LogP contribution in [0.2, 0.25) is 0 Å². The second kappa shape index (κ2) is 4.64. The van der Waals surface area contributed by atoms with Crippen molar-refractivity contribution in [3.8, 4) is 0 Å². The molecule has 0 spiro atoms. The van der Waals surface area contributed by atoms with Gasteiger partial charge in [-0.2, -0.15) is 0 Å². The number of carbonyl (C=O) groups excluding carboxylic acids is 1. The summed E-state index contributed by atoms with van der Waals surface area (Å²) in [5.74, 6) is -1.61. The molecule has 1 heterocycles. The summed E-state index contributed by atoms with van der Waals surface area (Å²) < 4.78 is 0. The number of aliphatic hydroxyl groups is 1. The third-order valence-corrected chi connectivity index (χ3v) is 3.91. The maximum absolute atomic E-state index is 12.2. The van der Waals surface area contributed by atoms with Gasteiger partial charge in [0, 0.05) is 13.1 Å². The van der Waals surface area contributed by atoms with Crippen LogP contribution < -0.4 is 0 Å². The largest absolute Gasteiger partial charge is 0.481 e. The molecular weight excluding hydrogens is 222 g/mol. The molecule has 0 aromatic rings.